The highest BCUT2D eigenvalue weighted by atomic mass is 35.5. The number of carbonyl (C=O) groups excluding carboxylic acids is 1. The van der Waals surface area contributed by atoms with Gasteiger partial charge < -0.3 is 10.1 Å². The molecule has 1 amide bonds. The Bertz CT molecular complexity index is 709. The lowest BCUT2D eigenvalue weighted by Gasteiger charge is -2.33. The molecule has 1 N–H and O–H groups in total. The topological polar surface area (TPSA) is 41.6 Å². The third kappa shape index (κ3) is 5.69. The second-order valence-corrected chi connectivity index (χ2v) is 7.68. The molecular weight excluding hydrogens is 379 g/mol. The maximum atomic E-state index is 12.0. The molecule has 134 valence electrons. The maximum absolute atomic E-state index is 12.0. The van der Waals surface area contributed by atoms with Crippen LogP contribution in [-0.4, -0.2) is 43.2 Å². The van der Waals surface area contributed by atoms with Gasteiger partial charge in [0.25, 0.3) is 0 Å². The molecule has 0 radical (unpaired) electrons. The van der Waals surface area contributed by atoms with E-state index in [-0.39, 0.29) is 12.0 Å². The lowest BCUT2D eigenvalue weighted by Crippen LogP contribution is -2.47. The number of nitrogens with one attached hydrogen (secondary N) is 1. The van der Waals surface area contributed by atoms with Crippen molar-refractivity contribution in [3.8, 4) is 0 Å². The summed E-state index contributed by atoms with van der Waals surface area (Å²) in [5.74, 6) is 0.0311. The van der Waals surface area contributed by atoms with E-state index in [9.17, 15) is 4.79 Å². The van der Waals surface area contributed by atoms with Crippen molar-refractivity contribution >= 4 is 40.4 Å². The predicted octanol–water partition coefficient (Wildman–Crippen LogP) is 3.61. The monoisotopic (exact) mass is 398 g/mol. The Morgan fingerprint density at radius 3 is 2.92 bits per heavy atom. The van der Waals surface area contributed by atoms with Crippen LogP contribution in [0.5, 0.6) is 0 Å². The lowest BCUT2D eigenvalue weighted by molar-refractivity contribution is -0.121. The summed E-state index contributed by atoms with van der Waals surface area (Å²) >= 11 is 13.6. The van der Waals surface area contributed by atoms with Crippen molar-refractivity contribution < 1.29 is 9.53 Å². The van der Waals surface area contributed by atoms with Crippen molar-refractivity contribution in [2.24, 2.45) is 0 Å². The number of morpholine rings is 1. The summed E-state index contributed by atoms with van der Waals surface area (Å²) in [5, 5.41) is 8.08. The second-order valence-electron chi connectivity index (χ2n) is 6.09. The van der Waals surface area contributed by atoms with Crippen LogP contribution in [0, 0.1) is 0 Å². The number of carbonyl (C=O) groups is 1. The molecule has 1 aliphatic heterocycles. The molecule has 3 rings (SSSR count). The van der Waals surface area contributed by atoms with Crippen LogP contribution in [-0.2, 0) is 22.5 Å². The Balaban J connectivity index is 1.45. The minimum Gasteiger partial charge on any atom is -0.374 e. The number of halogens is 2. The van der Waals surface area contributed by atoms with Gasteiger partial charge in [0, 0.05) is 26.2 Å². The van der Waals surface area contributed by atoms with Gasteiger partial charge in [-0.15, -0.1) is 0 Å². The van der Waals surface area contributed by atoms with Crippen molar-refractivity contribution in [3.63, 3.8) is 0 Å². The molecule has 0 spiro atoms. The van der Waals surface area contributed by atoms with Gasteiger partial charge in [-0.25, -0.2) is 0 Å². The zero-order valence-corrected chi connectivity index (χ0v) is 16.0. The third-order valence-corrected chi connectivity index (χ3v) is 5.56. The van der Waals surface area contributed by atoms with Crippen molar-refractivity contribution in [2.75, 3.05) is 26.2 Å². The van der Waals surface area contributed by atoms with Gasteiger partial charge in [0.2, 0.25) is 5.91 Å². The zero-order chi connectivity index (χ0) is 17.6. The molecule has 1 aromatic heterocycles. The van der Waals surface area contributed by atoms with Crippen LogP contribution in [0.25, 0.3) is 0 Å². The van der Waals surface area contributed by atoms with Gasteiger partial charge in [-0.1, -0.05) is 29.3 Å². The van der Waals surface area contributed by atoms with E-state index in [1.807, 2.05) is 35.0 Å². The number of nitrogens with zero attached hydrogens (tertiary/aromatic N) is 1. The van der Waals surface area contributed by atoms with Crippen LogP contribution in [0.2, 0.25) is 10.0 Å². The highest BCUT2D eigenvalue weighted by molar-refractivity contribution is 7.08. The summed E-state index contributed by atoms with van der Waals surface area (Å²) in [6.07, 6.45) is 0.423. The van der Waals surface area contributed by atoms with Crippen molar-refractivity contribution in [2.45, 2.75) is 19.1 Å². The molecule has 7 heteroatoms. The highest BCUT2D eigenvalue weighted by Crippen LogP contribution is 2.23. The molecule has 0 bridgehead atoms. The summed E-state index contributed by atoms with van der Waals surface area (Å²) in [7, 11) is 0. The van der Waals surface area contributed by atoms with E-state index in [2.05, 4.69) is 10.2 Å². The quantitative estimate of drug-likeness (QED) is 0.807. The van der Waals surface area contributed by atoms with E-state index in [1.165, 1.54) is 0 Å². The van der Waals surface area contributed by atoms with Crippen LogP contribution in [0.1, 0.15) is 11.1 Å². The minimum atomic E-state index is 0.00273. The molecule has 1 unspecified atom stereocenters. The van der Waals surface area contributed by atoms with Crippen LogP contribution in [0.3, 0.4) is 0 Å². The number of hydrogen-bond donors (Lipinski definition) is 1. The number of benzene rings is 1. The Morgan fingerprint density at radius 2 is 2.16 bits per heavy atom. The maximum Gasteiger partial charge on any atom is 0.224 e. The first-order valence-electron chi connectivity index (χ1n) is 8.16. The van der Waals surface area contributed by atoms with E-state index in [4.69, 9.17) is 27.9 Å². The van der Waals surface area contributed by atoms with Gasteiger partial charge in [-0.3, -0.25) is 9.69 Å². The van der Waals surface area contributed by atoms with Gasteiger partial charge in [0.15, 0.2) is 0 Å². The number of amides is 1. The molecule has 25 heavy (non-hydrogen) atoms. The first-order valence-corrected chi connectivity index (χ1v) is 9.85. The van der Waals surface area contributed by atoms with Crippen LogP contribution in [0.15, 0.2) is 35.0 Å². The summed E-state index contributed by atoms with van der Waals surface area (Å²) in [6.45, 7) is 3.62. The molecule has 1 atom stereocenters. The van der Waals surface area contributed by atoms with Crippen molar-refractivity contribution in [1.82, 2.24) is 10.2 Å². The Hall–Kier alpha value is -1.11. The molecule has 4 nitrogen and oxygen atoms in total. The number of hydrogen-bond acceptors (Lipinski definition) is 4. The molecule has 1 fully saturated rings. The normalized spacial score (nSPS) is 18.2. The van der Waals surface area contributed by atoms with E-state index >= 15 is 0 Å². The Kier molecular flexibility index (Phi) is 6.73. The standard InChI is InChI=1S/C18H20Cl2N2O2S/c19-16-2-1-13(7-17(16)20)10-22-4-5-24-15(11-22)9-21-18(23)8-14-3-6-25-12-14/h1-3,6-7,12,15H,4-5,8-11H2,(H,21,23). The molecule has 2 aromatic rings. The molecule has 1 aliphatic rings. The van der Waals surface area contributed by atoms with E-state index in [1.54, 1.807) is 11.3 Å². The lowest BCUT2D eigenvalue weighted by atomic mass is 10.2. The van der Waals surface area contributed by atoms with Gasteiger partial charge in [-0.05, 0) is 40.1 Å². The summed E-state index contributed by atoms with van der Waals surface area (Å²) in [4.78, 5) is 14.3. The Labute approximate surface area is 161 Å². The predicted molar refractivity (Wildman–Crippen MR) is 103 cm³/mol. The third-order valence-electron chi connectivity index (χ3n) is 4.08. The molecular formula is C18H20Cl2N2O2S. The zero-order valence-electron chi connectivity index (χ0n) is 13.7. The average Bonchev–Trinajstić information content (AvgIpc) is 3.10. The first kappa shape index (κ1) is 18.7. The summed E-state index contributed by atoms with van der Waals surface area (Å²) in [6, 6.07) is 7.68. The fraction of sp³-hybridized carbons (Fsp3) is 0.389. The molecule has 1 saturated heterocycles. The molecule has 1 aromatic carbocycles. The van der Waals surface area contributed by atoms with Crippen LogP contribution < -0.4 is 5.32 Å². The van der Waals surface area contributed by atoms with E-state index < -0.39 is 0 Å². The van der Waals surface area contributed by atoms with Crippen LogP contribution in [0.4, 0.5) is 0 Å². The van der Waals surface area contributed by atoms with Gasteiger partial charge in [-0.2, -0.15) is 11.3 Å². The largest absolute Gasteiger partial charge is 0.374 e. The summed E-state index contributed by atoms with van der Waals surface area (Å²) < 4.78 is 5.77. The molecule has 0 aliphatic carbocycles. The van der Waals surface area contributed by atoms with Gasteiger partial charge in [0.1, 0.15) is 0 Å². The summed E-state index contributed by atoms with van der Waals surface area (Å²) in [5.41, 5.74) is 2.17. The first-order chi connectivity index (χ1) is 12.1. The van der Waals surface area contributed by atoms with E-state index in [0.29, 0.717) is 29.6 Å². The van der Waals surface area contributed by atoms with Gasteiger partial charge >= 0.3 is 0 Å². The van der Waals surface area contributed by atoms with Crippen molar-refractivity contribution in [3.05, 3.63) is 56.2 Å². The van der Waals surface area contributed by atoms with Crippen molar-refractivity contribution in [1.29, 1.82) is 0 Å². The average molecular weight is 399 g/mol. The van der Waals surface area contributed by atoms with Gasteiger partial charge in [0.05, 0.1) is 29.2 Å². The number of thiophene rings is 1. The molecule has 2 heterocycles. The number of ether oxygens (including phenoxy) is 1. The molecule has 0 saturated carbocycles. The van der Waals surface area contributed by atoms with Crippen LogP contribution >= 0.6 is 34.5 Å². The Morgan fingerprint density at radius 1 is 1.28 bits per heavy atom. The smallest absolute Gasteiger partial charge is 0.224 e. The fourth-order valence-corrected chi connectivity index (χ4v) is 3.80. The number of rotatable bonds is 6. The highest BCUT2D eigenvalue weighted by Gasteiger charge is 2.21. The fourth-order valence-electron chi connectivity index (χ4n) is 2.81. The SMILES string of the molecule is O=C(Cc1ccsc1)NCC1CN(Cc2ccc(Cl)c(Cl)c2)CCO1. The minimum absolute atomic E-state index is 0.00273. The van der Waals surface area contributed by atoms with E-state index in [0.717, 1.165) is 30.8 Å². The second kappa shape index (κ2) is 9.01.